The summed E-state index contributed by atoms with van der Waals surface area (Å²) in [5, 5.41) is 0. The van der Waals surface area contributed by atoms with Gasteiger partial charge in [0.2, 0.25) is 0 Å². The minimum absolute atomic E-state index is 0.496. The third-order valence-corrected chi connectivity index (χ3v) is 3.37. The van der Waals surface area contributed by atoms with E-state index in [2.05, 4.69) is 57.2 Å². The summed E-state index contributed by atoms with van der Waals surface area (Å²) >= 11 is 0. The van der Waals surface area contributed by atoms with Crippen LogP contribution in [0.3, 0.4) is 0 Å². The quantitative estimate of drug-likeness (QED) is 0.558. The SMILES string of the molecule is CC1=CC2=CC(C)=CC3=CC(C)=CC(=C1)C23. The zero-order valence-corrected chi connectivity index (χ0v) is 10.0. The van der Waals surface area contributed by atoms with Crippen LogP contribution in [0.5, 0.6) is 0 Å². The van der Waals surface area contributed by atoms with Gasteiger partial charge in [0.1, 0.15) is 0 Å². The predicted octanol–water partition coefficient (Wildman–Crippen LogP) is 4.26. The topological polar surface area (TPSA) is 0 Å². The van der Waals surface area contributed by atoms with Crippen LogP contribution < -0.4 is 0 Å². The Hall–Kier alpha value is -1.56. The van der Waals surface area contributed by atoms with Crippen LogP contribution in [0.2, 0.25) is 0 Å². The predicted molar refractivity (Wildman–Crippen MR) is 69.0 cm³/mol. The summed E-state index contributed by atoms with van der Waals surface area (Å²) in [7, 11) is 0. The van der Waals surface area contributed by atoms with Crippen LogP contribution in [0.25, 0.3) is 0 Å². The van der Waals surface area contributed by atoms with Gasteiger partial charge in [-0.1, -0.05) is 53.2 Å². The Balaban J connectivity index is 2.24. The first-order valence-corrected chi connectivity index (χ1v) is 5.83. The van der Waals surface area contributed by atoms with E-state index in [-0.39, 0.29) is 0 Å². The molecule has 3 aliphatic carbocycles. The summed E-state index contributed by atoms with van der Waals surface area (Å²) in [4.78, 5) is 0. The second-order valence-corrected chi connectivity index (χ2v) is 5.03. The minimum atomic E-state index is 0.496. The average molecular weight is 208 g/mol. The van der Waals surface area contributed by atoms with E-state index in [0.717, 1.165) is 0 Å². The van der Waals surface area contributed by atoms with Crippen molar-refractivity contribution < 1.29 is 0 Å². The minimum Gasteiger partial charge on any atom is -0.0551 e. The van der Waals surface area contributed by atoms with Gasteiger partial charge in [-0.3, -0.25) is 0 Å². The van der Waals surface area contributed by atoms with Crippen LogP contribution >= 0.6 is 0 Å². The van der Waals surface area contributed by atoms with E-state index in [0.29, 0.717) is 5.92 Å². The van der Waals surface area contributed by atoms with Crippen LogP contribution in [0.15, 0.2) is 69.9 Å². The molecule has 0 aromatic heterocycles. The molecule has 0 spiro atoms. The van der Waals surface area contributed by atoms with Crippen molar-refractivity contribution in [1.29, 1.82) is 0 Å². The Labute approximate surface area is 97.1 Å². The van der Waals surface area contributed by atoms with E-state index in [9.17, 15) is 0 Å². The average Bonchev–Trinajstić information content (AvgIpc) is 2.14. The van der Waals surface area contributed by atoms with E-state index in [1.807, 2.05) is 0 Å². The third kappa shape index (κ3) is 1.37. The van der Waals surface area contributed by atoms with Crippen molar-refractivity contribution in [2.24, 2.45) is 5.92 Å². The van der Waals surface area contributed by atoms with Crippen molar-refractivity contribution in [2.45, 2.75) is 20.8 Å². The fourth-order valence-electron chi connectivity index (χ4n) is 2.90. The van der Waals surface area contributed by atoms with Crippen LogP contribution in [-0.2, 0) is 0 Å². The highest BCUT2D eigenvalue weighted by Crippen LogP contribution is 2.42. The first-order valence-electron chi connectivity index (χ1n) is 5.83. The van der Waals surface area contributed by atoms with Crippen molar-refractivity contribution >= 4 is 0 Å². The Kier molecular flexibility index (Phi) is 1.94. The monoisotopic (exact) mass is 208 g/mol. The second-order valence-electron chi connectivity index (χ2n) is 5.03. The Bertz CT molecular complexity index is 462. The number of allylic oxidation sites excluding steroid dienone is 12. The van der Waals surface area contributed by atoms with Crippen molar-refractivity contribution in [2.75, 3.05) is 0 Å². The molecule has 0 heteroatoms. The molecule has 0 saturated carbocycles. The molecule has 16 heavy (non-hydrogen) atoms. The maximum Gasteiger partial charge on any atom is 0.0340 e. The first-order chi connectivity index (χ1) is 7.63. The van der Waals surface area contributed by atoms with Crippen molar-refractivity contribution in [3.63, 3.8) is 0 Å². The molecule has 3 aliphatic rings. The summed E-state index contributed by atoms with van der Waals surface area (Å²) in [6.45, 7) is 6.54. The maximum absolute atomic E-state index is 2.31. The van der Waals surface area contributed by atoms with Gasteiger partial charge in [-0.05, 0) is 37.5 Å². The van der Waals surface area contributed by atoms with Gasteiger partial charge >= 0.3 is 0 Å². The first kappa shape index (κ1) is 9.65. The normalized spacial score (nSPS) is 23.4. The smallest absolute Gasteiger partial charge is 0.0340 e. The molecule has 0 aromatic carbocycles. The molecule has 0 unspecified atom stereocenters. The molecule has 0 saturated heterocycles. The summed E-state index contributed by atoms with van der Waals surface area (Å²) in [6.07, 6.45) is 13.9. The van der Waals surface area contributed by atoms with Gasteiger partial charge in [0.15, 0.2) is 0 Å². The van der Waals surface area contributed by atoms with Crippen LogP contribution in [0.4, 0.5) is 0 Å². The van der Waals surface area contributed by atoms with Crippen molar-refractivity contribution in [1.82, 2.24) is 0 Å². The number of hydrogen-bond donors (Lipinski definition) is 0. The lowest BCUT2D eigenvalue weighted by molar-refractivity contribution is 0.857. The van der Waals surface area contributed by atoms with Gasteiger partial charge in [0.05, 0.1) is 0 Å². The van der Waals surface area contributed by atoms with Crippen LogP contribution in [-0.4, -0.2) is 0 Å². The highest BCUT2D eigenvalue weighted by Gasteiger charge is 2.27. The molecule has 3 rings (SSSR count). The summed E-state index contributed by atoms with van der Waals surface area (Å²) in [6, 6.07) is 0. The lowest BCUT2D eigenvalue weighted by atomic mass is 9.73. The molecular formula is C16H16. The maximum atomic E-state index is 2.31. The molecule has 0 N–H and O–H groups in total. The van der Waals surface area contributed by atoms with Crippen molar-refractivity contribution in [3.05, 3.63) is 69.9 Å². The summed E-state index contributed by atoms with van der Waals surface area (Å²) < 4.78 is 0. The van der Waals surface area contributed by atoms with E-state index in [4.69, 9.17) is 0 Å². The zero-order valence-electron chi connectivity index (χ0n) is 10.0. The zero-order chi connectivity index (χ0) is 11.3. The molecular weight excluding hydrogens is 192 g/mol. The van der Waals surface area contributed by atoms with Crippen LogP contribution in [0, 0.1) is 5.92 Å². The van der Waals surface area contributed by atoms with Gasteiger partial charge in [-0.2, -0.15) is 0 Å². The lowest BCUT2D eigenvalue weighted by Crippen LogP contribution is -2.17. The molecule has 0 nitrogen and oxygen atoms in total. The molecule has 0 fully saturated rings. The molecule has 0 heterocycles. The van der Waals surface area contributed by atoms with Gasteiger partial charge in [0.25, 0.3) is 0 Å². The van der Waals surface area contributed by atoms with Gasteiger partial charge in [0, 0.05) is 5.92 Å². The molecule has 0 amide bonds. The molecule has 0 radical (unpaired) electrons. The highest BCUT2D eigenvalue weighted by molar-refractivity contribution is 5.62. The molecule has 0 bridgehead atoms. The second kappa shape index (κ2) is 3.21. The fourth-order valence-corrected chi connectivity index (χ4v) is 2.90. The summed E-state index contributed by atoms with van der Waals surface area (Å²) in [5.41, 5.74) is 8.42. The van der Waals surface area contributed by atoms with Gasteiger partial charge in [-0.25, -0.2) is 0 Å². The third-order valence-electron chi connectivity index (χ3n) is 3.37. The molecule has 80 valence electrons. The Morgan fingerprint density at radius 1 is 0.562 bits per heavy atom. The Morgan fingerprint density at radius 2 is 0.875 bits per heavy atom. The van der Waals surface area contributed by atoms with E-state index < -0.39 is 0 Å². The molecule has 0 atom stereocenters. The largest absolute Gasteiger partial charge is 0.0551 e. The fraction of sp³-hybridized carbons (Fsp3) is 0.250. The van der Waals surface area contributed by atoms with Crippen LogP contribution in [0.1, 0.15) is 20.8 Å². The number of rotatable bonds is 0. The van der Waals surface area contributed by atoms with Crippen molar-refractivity contribution in [3.8, 4) is 0 Å². The molecule has 0 aliphatic heterocycles. The number of hydrogen-bond acceptors (Lipinski definition) is 0. The van der Waals surface area contributed by atoms with E-state index in [1.165, 1.54) is 33.4 Å². The highest BCUT2D eigenvalue weighted by atomic mass is 14.3. The van der Waals surface area contributed by atoms with E-state index in [1.54, 1.807) is 0 Å². The molecule has 0 aromatic rings. The van der Waals surface area contributed by atoms with Gasteiger partial charge < -0.3 is 0 Å². The Morgan fingerprint density at radius 3 is 1.19 bits per heavy atom. The van der Waals surface area contributed by atoms with Gasteiger partial charge in [-0.15, -0.1) is 0 Å². The lowest BCUT2D eigenvalue weighted by Gasteiger charge is -2.31. The standard InChI is InChI=1S/C16H16/c1-10-4-13-6-11(2)8-15-9-12(3)7-14(5-10)16(13)15/h4-9,16H,1-3H3. The summed E-state index contributed by atoms with van der Waals surface area (Å²) in [5.74, 6) is 0.496. The van der Waals surface area contributed by atoms with E-state index >= 15 is 0 Å².